The van der Waals surface area contributed by atoms with Gasteiger partial charge in [-0.25, -0.2) is 9.18 Å². The van der Waals surface area contributed by atoms with Crippen LogP contribution in [0.3, 0.4) is 0 Å². The molecule has 2 fully saturated rings. The minimum atomic E-state index is -0.848. The molecule has 1 aromatic heterocycles. The number of carbonyl (C=O) groups is 1. The highest BCUT2D eigenvalue weighted by Gasteiger charge is 2.36. The van der Waals surface area contributed by atoms with Crippen molar-refractivity contribution in [3.63, 3.8) is 0 Å². The first-order valence-electron chi connectivity index (χ1n) is 9.98. The summed E-state index contributed by atoms with van der Waals surface area (Å²) in [6.07, 6.45) is 2.84. The van der Waals surface area contributed by atoms with E-state index in [9.17, 15) is 19.7 Å². The third-order valence-electron chi connectivity index (χ3n) is 5.88. The first-order valence-corrected chi connectivity index (χ1v) is 9.98. The number of nitrogens with zero attached hydrogens (tertiary/aromatic N) is 4. The van der Waals surface area contributed by atoms with Crippen molar-refractivity contribution in [2.75, 3.05) is 44.7 Å². The minimum absolute atomic E-state index is 0.0643. The zero-order valence-electron chi connectivity index (χ0n) is 16.9. The van der Waals surface area contributed by atoms with Gasteiger partial charge in [0.05, 0.1) is 17.4 Å². The van der Waals surface area contributed by atoms with E-state index in [1.807, 2.05) is 6.92 Å². The van der Waals surface area contributed by atoms with Crippen molar-refractivity contribution in [2.45, 2.75) is 25.8 Å². The van der Waals surface area contributed by atoms with Crippen LogP contribution in [0.15, 0.2) is 17.1 Å². The standard InChI is InChI=1S/C20H23FN4O5/c1-3-22-6-8-23(9-7-22)17-15(21)10-13-16(18(17)25(28)29)24(12-4-5-12)11-14(19(13)26)20(27)30-2/h10-12H,3-9H2,1-2H3. The SMILES string of the molecule is CCN1CCN(c2c(F)cc3c(=O)c(C(=O)OC)cn(C4CC4)c3c2[N+](=O)[O-])CC1. The molecule has 1 aliphatic heterocycles. The molecule has 0 atom stereocenters. The Labute approximate surface area is 171 Å². The normalized spacial score (nSPS) is 17.4. The number of piperazine rings is 1. The quantitative estimate of drug-likeness (QED) is 0.417. The number of ether oxygens (including phenoxy) is 1. The average molecular weight is 418 g/mol. The fourth-order valence-corrected chi connectivity index (χ4v) is 4.12. The number of likely N-dealkylation sites (N-methyl/N-ethyl adjacent to an activating group) is 1. The van der Waals surface area contributed by atoms with Crippen molar-refractivity contribution in [1.29, 1.82) is 0 Å². The smallest absolute Gasteiger partial charge is 0.343 e. The number of benzene rings is 1. The van der Waals surface area contributed by atoms with Crippen molar-refractivity contribution in [3.8, 4) is 0 Å². The van der Waals surface area contributed by atoms with E-state index >= 15 is 4.39 Å². The van der Waals surface area contributed by atoms with Gasteiger partial charge in [-0.2, -0.15) is 0 Å². The van der Waals surface area contributed by atoms with Crippen molar-refractivity contribution in [2.24, 2.45) is 0 Å². The molecule has 2 aliphatic rings. The molecule has 10 heteroatoms. The zero-order chi connectivity index (χ0) is 21.6. The molecular weight excluding hydrogens is 395 g/mol. The van der Waals surface area contributed by atoms with Gasteiger partial charge in [-0.3, -0.25) is 14.9 Å². The number of esters is 1. The van der Waals surface area contributed by atoms with Gasteiger partial charge in [0.15, 0.2) is 11.5 Å². The summed E-state index contributed by atoms with van der Waals surface area (Å²) in [5.41, 5.74) is -1.47. The fourth-order valence-electron chi connectivity index (χ4n) is 4.12. The summed E-state index contributed by atoms with van der Waals surface area (Å²) >= 11 is 0. The van der Waals surface area contributed by atoms with E-state index in [1.54, 1.807) is 9.47 Å². The maximum Gasteiger partial charge on any atom is 0.343 e. The molecule has 0 radical (unpaired) electrons. The second-order valence-corrected chi connectivity index (χ2v) is 7.63. The predicted octanol–water partition coefficient (Wildman–Crippen LogP) is 2.31. The van der Waals surface area contributed by atoms with Crippen molar-refractivity contribution >= 4 is 28.2 Å². The van der Waals surface area contributed by atoms with Gasteiger partial charge >= 0.3 is 11.7 Å². The molecule has 4 rings (SSSR count). The predicted molar refractivity (Wildman–Crippen MR) is 109 cm³/mol. The van der Waals surface area contributed by atoms with Crippen molar-refractivity contribution in [3.05, 3.63) is 44.0 Å². The van der Waals surface area contributed by atoms with E-state index in [0.717, 1.165) is 32.6 Å². The summed E-state index contributed by atoms with van der Waals surface area (Å²) in [5, 5.41) is 12.0. The van der Waals surface area contributed by atoms with Crippen LogP contribution < -0.4 is 10.3 Å². The van der Waals surface area contributed by atoms with Crippen molar-refractivity contribution < 1.29 is 18.8 Å². The summed E-state index contributed by atoms with van der Waals surface area (Å²) in [6, 6.07) is 0.947. The van der Waals surface area contributed by atoms with Gasteiger partial charge in [-0.15, -0.1) is 0 Å². The molecule has 1 saturated heterocycles. The van der Waals surface area contributed by atoms with Gasteiger partial charge < -0.3 is 19.1 Å². The molecule has 0 amide bonds. The van der Waals surface area contributed by atoms with Gasteiger partial charge in [0, 0.05) is 38.4 Å². The number of halogens is 1. The summed E-state index contributed by atoms with van der Waals surface area (Å²) < 4.78 is 21.5. The maximum atomic E-state index is 15.2. The summed E-state index contributed by atoms with van der Waals surface area (Å²) in [7, 11) is 1.15. The third-order valence-corrected chi connectivity index (χ3v) is 5.88. The van der Waals surface area contributed by atoms with Crippen molar-refractivity contribution in [1.82, 2.24) is 9.47 Å². The molecule has 2 heterocycles. The number of pyridine rings is 1. The lowest BCUT2D eigenvalue weighted by molar-refractivity contribution is -0.382. The van der Waals surface area contributed by atoms with Crippen LogP contribution in [-0.2, 0) is 4.74 Å². The lowest BCUT2D eigenvalue weighted by atomic mass is 10.1. The molecule has 1 aliphatic carbocycles. The topological polar surface area (TPSA) is 97.9 Å². The number of carbonyl (C=O) groups excluding carboxylic acids is 1. The Bertz CT molecular complexity index is 1090. The fraction of sp³-hybridized carbons (Fsp3) is 0.500. The van der Waals surface area contributed by atoms with Crippen LogP contribution in [0.1, 0.15) is 36.2 Å². The Balaban J connectivity index is 1.99. The second-order valence-electron chi connectivity index (χ2n) is 7.63. The number of rotatable bonds is 5. The number of hydrogen-bond donors (Lipinski definition) is 0. The number of aromatic nitrogens is 1. The highest BCUT2D eigenvalue weighted by molar-refractivity contribution is 5.99. The van der Waals surface area contributed by atoms with Crippen LogP contribution in [0, 0.1) is 15.9 Å². The molecule has 2 aromatic rings. The number of methoxy groups -OCH3 is 1. The lowest BCUT2D eigenvalue weighted by Crippen LogP contribution is -2.46. The number of nitro benzene ring substituents is 1. The highest BCUT2D eigenvalue weighted by atomic mass is 19.1. The first-order chi connectivity index (χ1) is 14.4. The molecule has 30 heavy (non-hydrogen) atoms. The summed E-state index contributed by atoms with van der Waals surface area (Å²) in [4.78, 5) is 40.3. The molecule has 0 spiro atoms. The number of anilines is 1. The van der Waals surface area contributed by atoms with E-state index in [0.29, 0.717) is 26.2 Å². The Kier molecular flexibility index (Phi) is 5.19. The number of fused-ring (bicyclic) bond motifs is 1. The Hall–Kier alpha value is -3.01. The van der Waals surface area contributed by atoms with E-state index in [2.05, 4.69) is 9.64 Å². The second kappa shape index (κ2) is 7.67. The molecule has 1 saturated carbocycles. The summed E-state index contributed by atoms with van der Waals surface area (Å²) in [5.74, 6) is -1.68. The molecule has 0 bridgehead atoms. The van der Waals surface area contributed by atoms with Crippen LogP contribution in [-0.4, -0.2) is 60.2 Å². The molecule has 0 N–H and O–H groups in total. The van der Waals surface area contributed by atoms with Crippen LogP contribution >= 0.6 is 0 Å². The Morgan fingerprint density at radius 2 is 1.97 bits per heavy atom. The molecule has 1 aromatic carbocycles. The molecule has 160 valence electrons. The van der Waals surface area contributed by atoms with Crippen LogP contribution in [0.5, 0.6) is 0 Å². The van der Waals surface area contributed by atoms with Crippen LogP contribution in [0.2, 0.25) is 0 Å². The first kappa shape index (κ1) is 20.3. The van der Waals surface area contributed by atoms with E-state index in [4.69, 9.17) is 0 Å². The van der Waals surface area contributed by atoms with Gasteiger partial charge in [0.2, 0.25) is 5.43 Å². The van der Waals surface area contributed by atoms with Gasteiger partial charge in [-0.05, 0) is 25.5 Å². The van der Waals surface area contributed by atoms with Gasteiger partial charge in [0.25, 0.3) is 0 Å². The largest absolute Gasteiger partial charge is 0.465 e. The minimum Gasteiger partial charge on any atom is -0.465 e. The van der Waals surface area contributed by atoms with E-state index in [1.165, 1.54) is 6.20 Å². The van der Waals surface area contributed by atoms with Gasteiger partial charge in [-0.1, -0.05) is 6.92 Å². The molecular formula is C20H23FN4O5. The van der Waals surface area contributed by atoms with E-state index in [-0.39, 0.29) is 28.2 Å². The number of nitro groups is 1. The maximum absolute atomic E-state index is 15.2. The zero-order valence-corrected chi connectivity index (χ0v) is 16.9. The van der Waals surface area contributed by atoms with Crippen LogP contribution in [0.4, 0.5) is 15.8 Å². The van der Waals surface area contributed by atoms with E-state index < -0.39 is 27.8 Å². The van der Waals surface area contributed by atoms with Gasteiger partial charge in [0.1, 0.15) is 11.1 Å². The Morgan fingerprint density at radius 1 is 1.30 bits per heavy atom. The summed E-state index contributed by atoms with van der Waals surface area (Å²) in [6.45, 7) is 5.12. The monoisotopic (exact) mass is 418 g/mol. The number of hydrogen-bond acceptors (Lipinski definition) is 7. The third kappa shape index (κ3) is 3.30. The lowest BCUT2D eigenvalue weighted by Gasteiger charge is -2.35. The Morgan fingerprint density at radius 3 is 2.50 bits per heavy atom. The van der Waals surface area contributed by atoms with Crippen LogP contribution in [0.25, 0.3) is 10.9 Å². The highest BCUT2D eigenvalue weighted by Crippen LogP contribution is 2.43. The molecule has 0 unspecified atom stereocenters. The molecule has 9 nitrogen and oxygen atoms in total. The average Bonchev–Trinajstić information content (AvgIpc) is 3.58.